The third-order valence-corrected chi connectivity index (χ3v) is 2.62. The van der Waals surface area contributed by atoms with Gasteiger partial charge in [-0.1, -0.05) is 13.8 Å². The van der Waals surface area contributed by atoms with E-state index < -0.39 is 43.8 Å². The second-order valence-electron chi connectivity index (χ2n) is 4.64. The van der Waals surface area contributed by atoms with Gasteiger partial charge >= 0.3 is 18.2 Å². The molecule has 0 saturated carbocycles. The van der Waals surface area contributed by atoms with Crippen molar-refractivity contribution in [1.29, 1.82) is 0 Å². The van der Waals surface area contributed by atoms with Crippen LogP contribution >= 0.6 is 0 Å². The molecule has 0 rings (SSSR count). The van der Waals surface area contributed by atoms with E-state index in [9.17, 15) is 22.8 Å². The van der Waals surface area contributed by atoms with E-state index >= 15 is 0 Å². The van der Waals surface area contributed by atoms with E-state index in [-0.39, 0.29) is 12.5 Å². The number of hydrogen-bond acceptors (Lipinski definition) is 3. The number of urea groups is 1. The lowest BCUT2D eigenvalue weighted by Crippen LogP contribution is -2.48. The van der Waals surface area contributed by atoms with Crippen LogP contribution in [-0.2, 0) is 4.79 Å². The number of carboxylic acid groups (broad SMARTS) is 1. The average Bonchev–Trinajstić information content (AvgIpc) is 2.25. The van der Waals surface area contributed by atoms with Crippen molar-refractivity contribution in [3.05, 3.63) is 0 Å². The summed E-state index contributed by atoms with van der Waals surface area (Å²) >= 11 is 0. The molecule has 6 nitrogen and oxygen atoms in total. The Labute approximate surface area is 114 Å². The first-order valence-corrected chi connectivity index (χ1v) is 6.01. The number of rotatable bonds is 7. The van der Waals surface area contributed by atoms with Crippen molar-refractivity contribution < 1.29 is 33.0 Å². The minimum Gasteiger partial charge on any atom is -0.481 e. The average molecular weight is 300 g/mol. The standard InChI is InChI=1S/C11H19F3N2O4/c1-7(2)8(9(18)19)5-15-10(20)16(3-4-17)6-11(12,13)14/h7-8,17H,3-6H2,1-2H3,(H,15,20)(H,18,19). The molecule has 1 atom stereocenters. The second-order valence-corrected chi connectivity index (χ2v) is 4.64. The van der Waals surface area contributed by atoms with Gasteiger partial charge in [-0.15, -0.1) is 0 Å². The monoisotopic (exact) mass is 300 g/mol. The molecule has 0 aliphatic carbocycles. The van der Waals surface area contributed by atoms with Gasteiger partial charge in [0.1, 0.15) is 6.54 Å². The summed E-state index contributed by atoms with van der Waals surface area (Å²) < 4.78 is 36.7. The summed E-state index contributed by atoms with van der Waals surface area (Å²) in [5, 5.41) is 19.7. The summed E-state index contributed by atoms with van der Waals surface area (Å²) in [5.41, 5.74) is 0. The number of carbonyl (C=O) groups excluding carboxylic acids is 1. The number of carbonyl (C=O) groups is 2. The van der Waals surface area contributed by atoms with Crippen molar-refractivity contribution in [3.63, 3.8) is 0 Å². The SMILES string of the molecule is CC(C)C(CNC(=O)N(CCO)CC(F)(F)F)C(=O)O. The summed E-state index contributed by atoms with van der Waals surface area (Å²) in [5.74, 6) is -2.30. The van der Waals surface area contributed by atoms with Crippen molar-refractivity contribution in [1.82, 2.24) is 10.2 Å². The molecular weight excluding hydrogens is 281 g/mol. The summed E-state index contributed by atoms with van der Waals surface area (Å²) in [4.78, 5) is 22.9. The smallest absolute Gasteiger partial charge is 0.406 e. The Hall–Kier alpha value is -1.51. The van der Waals surface area contributed by atoms with E-state index in [1.165, 1.54) is 0 Å². The first-order valence-electron chi connectivity index (χ1n) is 6.01. The number of aliphatic hydroxyl groups is 1. The van der Waals surface area contributed by atoms with Crippen molar-refractivity contribution >= 4 is 12.0 Å². The molecule has 0 aliphatic heterocycles. The highest BCUT2D eigenvalue weighted by atomic mass is 19.4. The van der Waals surface area contributed by atoms with Crippen LogP contribution in [0.3, 0.4) is 0 Å². The fraction of sp³-hybridized carbons (Fsp3) is 0.818. The summed E-state index contributed by atoms with van der Waals surface area (Å²) in [6.45, 7) is 0.392. The molecule has 2 amide bonds. The zero-order valence-corrected chi connectivity index (χ0v) is 11.3. The van der Waals surface area contributed by atoms with Gasteiger partial charge in [-0.05, 0) is 5.92 Å². The van der Waals surface area contributed by atoms with Crippen molar-refractivity contribution in [2.45, 2.75) is 20.0 Å². The molecule has 0 bridgehead atoms. The molecule has 1 unspecified atom stereocenters. The molecule has 0 heterocycles. The summed E-state index contributed by atoms with van der Waals surface area (Å²) in [6, 6.07) is -1.05. The fourth-order valence-corrected chi connectivity index (χ4v) is 1.51. The van der Waals surface area contributed by atoms with Gasteiger partial charge in [-0.3, -0.25) is 4.79 Å². The van der Waals surface area contributed by atoms with Gasteiger partial charge in [0.05, 0.1) is 12.5 Å². The van der Waals surface area contributed by atoms with E-state index in [1.54, 1.807) is 13.8 Å². The largest absolute Gasteiger partial charge is 0.481 e. The maximum absolute atomic E-state index is 12.2. The van der Waals surface area contributed by atoms with Gasteiger partial charge in [0, 0.05) is 13.1 Å². The third kappa shape index (κ3) is 7.17. The maximum atomic E-state index is 12.2. The molecule has 0 fully saturated rings. The van der Waals surface area contributed by atoms with Crippen LogP contribution in [0.25, 0.3) is 0 Å². The van der Waals surface area contributed by atoms with Crippen molar-refractivity contribution in [3.8, 4) is 0 Å². The van der Waals surface area contributed by atoms with E-state index in [0.717, 1.165) is 0 Å². The van der Waals surface area contributed by atoms with E-state index in [4.69, 9.17) is 10.2 Å². The van der Waals surface area contributed by atoms with Gasteiger partial charge < -0.3 is 20.4 Å². The van der Waals surface area contributed by atoms with E-state index in [2.05, 4.69) is 5.32 Å². The number of nitrogens with zero attached hydrogens (tertiary/aromatic N) is 1. The number of aliphatic hydroxyl groups excluding tert-OH is 1. The molecule has 0 spiro atoms. The van der Waals surface area contributed by atoms with Gasteiger partial charge in [0.25, 0.3) is 0 Å². The number of hydrogen-bond donors (Lipinski definition) is 3. The number of nitrogens with one attached hydrogen (secondary N) is 1. The van der Waals surface area contributed by atoms with Crippen LogP contribution in [0.5, 0.6) is 0 Å². The quantitative estimate of drug-likeness (QED) is 0.652. The van der Waals surface area contributed by atoms with Crippen LogP contribution in [0.4, 0.5) is 18.0 Å². The Kier molecular flexibility index (Phi) is 7.33. The lowest BCUT2D eigenvalue weighted by Gasteiger charge is -2.25. The zero-order valence-electron chi connectivity index (χ0n) is 11.3. The van der Waals surface area contributed by atoms with Crippen molar-refractivity contribution in [2.24, 2.45) is 11.8 Å². The summed E-state index contributed by atoms with van der Waals surface area (Å²) in [7, 11) is 0. The molecule has 0 saturated heterocycles. The number of aliphatic carboxylic acids is 1. The maximum Gasteiger partial charge on any atom is 0.406 e. The molecule has 0 aromatic carbocycles. The topological polar surface area (TPSA) is 89.9 Å². The highest BCUT2D eigenvalue weighted by molar-refractivity contribution is 5.76. The van der Waals surface area contributed by atoms with Crippen LogP contribution in [0.2, 0.25) is 0 Å². The Morgan fingerprint density at radius 3 is 2.20 bits per heavy atom. The normalized spacial score (nSPS) is 13.2. The second kappa shape index (κ2) is 7.93. The Morgan fingerprint density at radius 2 is 1.85 bits per heavy atom. The molecule has 118 valence electrons. The molecule has 0 aromatic heterocycles. The first kappa shape index (κ1) is 18.5. The molecule has 9 heteroatoms. The molecule has 3 N–H and O–H groups in total. The predicted octanol–water partition coefficient (Wildman–Crippen LogP) is 0.909. The van der Waals surface area contributed by atoms with Crippen LogP contribution in [0.1, 0.15) is 13.8 Å². The Balaban J connectivity index is 4.56. The number of amides is 2. The molecule has 20 heavy (non-hydrogen) atoms. The van der Waals surface area contributed by atoms with Crippen LogP contribution < -0.4 is 5.32 Å². The fourth-order valence-electron chi connectivity index (χ4n) is 1.51. The Morgan fingerprint density at radius 1 is 1.30 bits per heavy atom. The van der Waals surface area contributed by atoms with Gasteiger partial charge in [0.2, 0.25) is 0 Å². The molecular formula is C11H19F3N2O4. The minimum atomic E-state index is -4.59. The van der Waals surface area contributed by atoms with E-state index in [0.29, 0.717) is 4.90 Å². The van der Waals surface area contributed by atoms with Gasteiger partial charge in [-0.2, -0.15) is 13.2 Å². The van der Waals surface area contributed by atoms with Crippen molar-refractivity contribution in [2.75, 3.05) is 26.2 Å². The summed E-state index contributed by atoms with van der Waals surface area (Å²) in [6.07, 6.45) is -4.59. The molecule has 0 aromatic rings. The zero-order chi connectivity index (χ0) is 15.9. The van der Waals surface area contributed by atoms with Gasteiger partial charge in [0.15, 0.2) is 0 Å². The number of halogens is 3. The van der Waals surface area contributed by atoms with Crippen LogP contribution in [-0.4, -0.2) is 59.5 Å². The van der Waals surface area contributed by atoms with Crippen LogP contribution in [0, 0.1) is 11.8 Å². The van der Waals surface area contributed by atoms with Crippen LogP contribution in [0.15, 0.2) is 0 Å². The lowest BCUT2D eigenvalue weighted by atomic mass is 9.96. The number of alkyl halides is 3. The lowest BCUT2D eigenvalue weighted by molar-refractivity contribution is -0.144. The minimum absolute atomic E-state index is 0.272. The predicted molar refractivity (Wildman–Crippen MR) is 64.1 cm³/mol. The van der Waals surface area contributed by atoms with E-state index in [1.807, 2.05) is 0 Å². The molecule has 0 aliphatic rings. The highest BCUT2D eigenvalue weighted by Crippen LogP contribution is 2.16. The highest BCUT2D eigenvalue weighted by Gasteiger charge is 2.33. The third-order valence-electron chi connectivity index (χ3n) is 2.62. The molecule has 0 radical (unpaired) electrons. The first-order chi connectivity index (χ1) is 9.08. The number of carboxylic acids is 1. The Bertz CT molecular complexity index is 334. The van der Waals surface area contributed by atoms with Gasteiger partial charge in [-0.25, -0.2) is 4.79 Å².